The largest absolute Gasteiger partial charge is 0.573 e. The molecule has 3 heterocycles. The first kappa shape index (κ1) is 29.1. The second kappa shape index (κ2) is 10.0. The van der Waals surface area contributed by atoms with E-state index in [4.69, 9.17) is 46.4 Å². The van der Waals surface area contributed by atoms with Gasteiger partial charge in [-0.05, 0) is 48.4 Å². The van der Waals surface area contributed by atoms with Crippen molar-refractivity contribution >= 4 is 75.9 Å². The topological polar surface area (TPSA) is 87.7 Å². The quantitative estimate of drug-likeness (QED) is 0.310. The van der Waals surface area contributed by atoms with Gasteiger partial charge in [0.2, 0.25) is 11.8 Å². The van der Waals surface area contributed by atoms with Crippen molar-refractivity contribution in [3.05, 3.63) is 85.8 Å². The molecule has 3 aliphatic rings. The molecule has 0 saturated carbocycles. The summed E-state index contributed by atoms with van der Waals surface area (Å²) in [6.45, 7) is -0.227. The second-order valence-electron chi connectivity index (χ2n) is 10.3. The van der Waals surface area contributed by atoms with Crippen LogP contribution in [0.4, 0.5) is 24.5 Å². The average Bonchev–Trinajstić information content (AvgIpc) is 3.46. The number of amides is 2. The van der Waals surface area contributed by atoms with E-state index in [1.807, 2.05) is 0 Å². The number of ether oxygens (including phenoxy) is 1. The van der Waals surface area contributed by atoms with Gasteiger partial charge in [-0.15, -0.1) is 13.2 Å². The smallest absolute Gasteiger partial charge is 0.406 e. The van der Waals surface area contributed by atoms with Gasteiger partial charge in [-0.3, -0.25) is 14.9 Å². The number of benzene rings is 3. The minimum Gasteiger partial charge on any atom is -0.406 e. The SMILES string of the molecule is O=CC12CN(c3cc(Cl)cc(Cl)c3)C(=O)C1C1(NC2Cc2ccccc2OC(F)(F)F)C(=O)Nc2c(Cl)cc(Cl)cc21. The summed E-state index contributed by atoms with van der Waals surface area (Å²) in [6.07, 6.45) is -4.61. The Labute approximate surface area is 256 Å². The first-order chi connectivity index (χ1) is 19.8. The van der Waals surface area contributed by atoms with Crippen molar-refractivity contribution < 1.29 is 32.3 Å². The van der Waals surface area contributed by atoms with Crippen LogP contribution in [0.1, 0.15) is 11.1 Å². The van der Waals surface area contributed by atoms with Gasteiger partial charge in [-0.1, -0.05) is 64.6 Å². The number of fused-ring (bicyclic) bond motifs is 4. The molecule has 1 spiro atoms. The average molecular weight is 659 g/mol. The third-order valence-electron chi connectivity index (χ3n) is 8.04. The van der Waals surface area contributed by atoms with E-state index in [0.29, 0.717) is 6.29 Å². The Bertz CT molecular complexity index is 1650. The molecular formula is C28H18Cl4F3N3O4. The van der Waals surface area contributed by atoms with Crippen LogP contribution in [0.3, 0.4) is 0 Å². The van der Waals surface area contributed by atoms with Gasteiger partial charge in [0.05, 0.1) is 22.0 Å². The Morgan fingerprint density at radius 3 is 2.33 bits per heavy atom. The zero-order chi connectivity index (χ0) is 30.2. The Morgan fingerprint density at radius 1 is 1.00 bits per heavy atom. The number of nitrogens with zero attached hydrogens (tertiary/aromatic N) is 1. The summed E-state index contributed by atoms with van der Waals surface area (Å²) in [5.74, 6) is -3.10. The van der Waals surface area contributed by atoms with Crippen molar-refractivity contribution in [2.75, 3.05) is 16.8 Å². The molecule has 2 N–H and O–H groups in total. The van der Waals surface area contributed by atoms with E-state index < -0.39 is 46.8 Å². The van der Waals surface area contributed by atoms with Crippen molar-refractivity contribution in [3.63, 3.8) is 0 Å². The number of anilines is 2. The minimum atomic E-state index is -4.98. The Hall–Kier alpha value is -3.02. The van der Waals surface area contributed by atoms with Crippen molar-refractivity contribution in [2.45, 2.75) is 24.4 Å². The highest BCUT2D eigenvalue weighted by atomic mass is 35.5. The zero-order valence-corrected chi connectivity index (χ0v) is 24.1. The van der Waals surface area contributed by atoms with Crippen molar-refractivity contribution in [2.24, 2.45) is 11.3 Å². The van der Waals surface area contributed by atoms with E-state index in [-0.39, 0.29) is 55.6 Å². The summed E-state index contributed by atoms with van der Waals surface area (Å²) in [5, 5.41) is 6.63. The zero-order valence-electron chi connectivity index (χ0n) is 21.1. The van der Waals surface area contributed by atoms with Gasteiger partial charge in [-0.25, -0.2) is 0 Å². The van der Waals surface area contributed by atoms with E-state index in [2.05, 4.69) is 15.4 Å². The maximum absolute atomic E-state index is 14.3. The fraction of sp³-hybridized carbons (Fsp3) is 0.250. The molecule has 4 atom stereocenters. The van der Waals surface area contributed by atoms with Crippen LogP contribution >= 0.6 is 46.4 Å². The van der Waals surface area contributed by atoms with E-state index in [9.17, 15) is 27.6 Å². The predicted octanol–water partition coefficient (Wildman–Crippen LogP) is 6.41. The standard InChI is InChI=1S/C28H18Cl4F3N3O4/c29-14-6-15(30)8-17(7-14)38-11-26(12-39)21(5-13-3-1-2-4-20(13)42-28(33,34)35)37-27(23(26)24(38)40)18-9-16(31)10-19(32)22(18)36-25(27)41/h1-4,6-10,12,21,23,37H,5,11H2,(H,36,41). The minimum absolute atomic E-state index is 0.101. The summed E-state index contributed by atoms with van der Waals surface area (Å²) in [6, 6.07) is 11.8. The highest BCUT2D eigenvalue weighted by Crippen LogP contribution is 2.60. The number of nitrogens with one attached hydrogen (secondary N) is 2. The number of aldehydes is 1. The summed E-state index contributed by atoms with van der Waals surface area (Å²) < 4.78 is 44.0. The van der Waals surface area contributed by atoms with Crippen LogP contribution in [-0.4, -0.2) is 37.0 Å². The van der Waals surface area contributed by atoms with E-state index >= 15 is 0 Å². The molecule has 4 unspecified atom stereocenters. The van der Waals surface area contributed by atoms with Crippen LogP contribution in [-0.2, 0) is 26.3 Å². The van der Waals surface area contributed by atoms with Crippen molar-refractivity contribution in [1.82, 2.24) is 5.32 Å². The van der Waals surface area contributed by atoms with Crippen LogP contribution in [0.15, 0.2) is 54.6 Å². The molecule has 42 heavy (non-hydrogen) atoms. The predicted molar refractivity (Wildman–Crippen MR) is 151 cm³/mol. The monoisotopic (exact) mass is 657 g/mol. The van der Waals surface area contributed by atoms with Gasteiger partial charge >= 0.3 is 6.36 Å². The van der Waals surface area contributed by atoms with E-state index in [0.717, 1.165) is 6.07 Å². The third kappa shape index (κ3) is 4.43. The molecule has 0 radical (unpaired) electrons. The van der Waals surface area contributed by atoms with Gasteiger partial charge in [-0.2, -0.15) is 0 Å². The van der Waals surface area contributed by atoms with Crippen LogP contribution in [0.5, 0.6) is 5.75 Å². The molecule has 3 aromatic rings. The van der Waals surface area contributed by atoms with Crippen LogP contribution in [0.2, 0.25) is 20.1 Å². The fourth-order valence-corrected chi connectivity index (χ4v) is 7.51. The number of hydrogen-bond acceptors (Lipinski definition) is 5. The van der Waals surface area contributed by atoms with Crippen LogP contribution in [0, 0.1) is 11.3 Å². The summed E-state index contributed by atoms with van der Waals surface area (Å²) in [4.78, 5) is 42.7. The number of carbonyl (C=O) groups is 3. The second-order valence-corrected chi connectivity index (χ2v) is 12.1. The first-order valence-corrected chi connectivity index (χ1v) is 14.0. The first-order valence-electron chi connectivity index (χ1n) is 12.5. The Morgan fingerprint density at radius 2 is 1.67 bits per heavy atom. The molecule has 7 nitrogen and oxygen atoms in total. The van der Waals surface area contributed by atoms with Crippen molar-refractivity contribution in [1.29, 1.82) is 0 Å². The van der Waals surface area contributed by atoms with Gasteiger partial charge in [0.1, 0.15) is 17.6 Å². The van der Waals surface area contributed by atoms with Crippen molar-refractivity contribution in [3.8, 4) is 5.75 Å². The molecule has 0 aliphatic carbocycles. The molecule has 14 heteroatoms. The number of para-hydroxylation sites is 1. The highest BCUT2D eigenvalue weighted by molar-refractivity contribution is 6.38. The van der Waals surface area contributed by atoms with Crippen LogP contribution in [0.25, 0.3) is 0 Å². The fourth-order valence-electron chi connectivity index (χ4n) is 6.46. The molecule has 0 aromatic heterocycles. The summed E-state index contributed by atoms with van der Waals surface area (Å²) >= 11 is 25.2. The van der Waals surface area contributed by atoms with Gasteiger partial charge < -0.3 is 19.7 Å². The summed E-state index contributed by atoms with van der Waals surface area (Å²) in [7, 11) is 0. The lowest BCUT2D eigenvalue weighted by Gasteiger charge is -2.30. The molecule has 3 aromatic carbocycles. The molecule has 3 aliphatic heterocycles. The van der Waals surface area contributed by atoms with Crippen LogP contribution < -0.4 is 20.3 Å². The molecular weight excluding hydrogens is 641 g/mol. The number of halogens is 7. The van der Waals surface area contributed by atoms with Gasteiger partial charge in [0.15, 0.2) is 0 Å². The van der Waals surface area contributed by atoms with E-state index in [1.54, 1.807) is 0 Å². The van der Waals surface area contributed by atoms with Gasteiger partial charge in [0, 0.05) is 38.9 Å². The molecule has 2 amide bonds. The maximum Gasteiger partial charge on any atom is 0.573 e. The van der Waals surface area contributed by atoms with E-state index in [1.165, 1.54) is 53.4 Å². The highest BCUT2D eigenvalue weighted by Gasteiger charge is 2.74. The number of hydrogen-bond donors (Lipinski definition) is 2. The molecule has 0 bridgehead atoms. The normalized spacial score (nSPS) is 26.4. The molecule has 6 rings (SSSR count). The number of rotatable bonds is 5. The Kier molecular flexibility index (Phi) is 6.94. The lowest BCUT2D eigenvalue weighted by molar-refractivity contribution is -0.274. The number of carbonyl (C=O) groups excluding carboxylic acids is 3. The third-order valence-corrected chi connectivity index (χ3v) is 9.00. The molecule has 218 valence electrons. The van der Waals surface area contributed by atoms with Gasteiger partial charge in [0.25, 0.3) is 0 Å². The lowest BCUT2D eigenvalue weighted by atomic mass is 9.67. The molecule has 2 saturated heterocycles. The molecule has 2 fully saturated rings. The Balaban J connectivity index is 1.54. The number of alkyl halides is 3. The summed E-state index contributed by atoms with van der Waals surface area (Å²) in [5.41, 5.74) is -2.64. The maximum atomic E-state index is 14.3. The lowest BCUT2D eigenvalue weighted by Crippen LogP contribution is -2.53.